The van der Waals surface area contributed by atoms with E-state index in [-0.39, 0.29) is 0 Å². The summed E-state index contributed by atoms with van der Waals surface area (Å²) in [5.41, 5.74) is 0.483. The molecule has 2 heterocycles. The molecule has 0 saturated carbocycles. The molecule has 0 aromatic carbocycles. The van der Waals surface area contributed by atoms with Crippen LogP contribution in [0.25, 0.3) is 0 Å². The van der Waals surface area contributed by atoms with Gasteiger partial charge in [0, 0.05) is 18.1 Å². The lowest BCUT2D eigenvalue weighted by atomic mass is 9.90. The number of rotatable bonds is 5. The van der Waals surface area contributed by atoms with Crippen LogP contribution in [0.5, 0.6) is 0 Å². The molecule has 2 aliphatic rings. The fraction of sp³-hybridized carbons (Fsp3) is 1.00. The minimum atomic E-state index is 0.483. The molecule has 1 N–H and O–H groups in total. The fourth-order valence-corrected chi connectivity index (χ4v) is 3.62. The highest BCUT2D eigenvalue weighted by Crippen LogP contribution is 2.36. The summed E-state index contributed by atoms with van der Waals surface area (Å²) in [6.07, 6.45) is 8.27. The first kappa shape index (κ1) is 14.3. The molecule has 0 radical (unpaired) electrons. The van der Waals surface area contributed by atoms with Crippen molar-refractivity contribution in [2.45, 2.75) is 84.3 Å². The minimum Gasteiger partial charge on any atom is -0.314 e. The Morgan fingerprint density at radius 2 is 1.72 bits per heavy atom. The molecule has 2 heteroatoms. The average Bonchev–Trinajstić information content (AvgIpc) is 2.53. The van der Waals surface area contributed by atoms with Gasteiger partial charge < -0.3 is 5.32 Å². The summed E-state index contributed by atoms with van der Waals surface area (Å²) in [5.74, 6) is 0. The highest BCUT2D eigenvalue weighted by atomic mass is 15.2. The van der Waals surface area contributed by atoms with Crippen LogP contribution in [0, 0.1) is 5.41 Å². The van der Waals surface area contributed by atoms with Crippen molar-refractivity contribution in [3.63, 3.8) is 0 Å². The van der Waals surface area contributed by atoms with E-state index in [2.05, 4.69) is 37.9 Å². The molecule has 2 rings (SSSR count). The van der Waals surface area contributed by atoms with E-state index in [1.165, 1.54) is 51.6 Å². The molecule has 2 unspecified atom stereocenters. The van der Waals surface area contributed by atoms with Gasteiger partial charge in [-0.05, 0) is 57.0 Å². The smallest absolute Gasteiger partial charge is 0.0114 e. The van der Waals surface area contributed by atoms with Crippen molar-refractivity contribution < 1.29 is 0 Å². The summed E-state index contributed by atoms with van der Waals surface area (Å²) >= 11 is 0. The molecule has 2 fully saturated rings. The predicted molar refractivity (Wildman–Crippen MR) is 78.9 cm³/mol. The summed E-state index contributed by atoms with van der Waals surface area (Å²) in [5, 5.41) is 3.74. The van der Waals surface area contributed by atoms with E-state index in [0.717, 1.165) is 18.1 Å². The Bertz CT molecular complexity index is 242. The maximum atomic E-state index is 3.74. The molecule has 0 spiro atoms. The third-order valence-corrected chi connectivity index (χ3v) is 4.69. The molecule has 18 heavy (non-hydrogen) atoms. The zero-order valence-corrected chi connectivity index (χ0v) is 12.8. The van der Waals surface area contributed by atoms with Crippen molar-refractivity contribution in [2.75, 3.05) is 13.1 Å². The lowest BCUT2D eigenvalue weighted by Gasteiger charge is -2.40. The van der Waals surface area contributed by atoms with Gasteiger partial charge in [0.05, 0.1) is 0 Å². The lowest BCUT2D eigenvalue weighted by molar-refractivity contribution is 0.103. The molecule has 106 valence electrons. The van der Waals surface area contributed by atoms with Gasteiger partial charge in [0.15, 0.2) is 0 Å². The van der Waals surface area contributed by atoms with Crippen LogP contribution in [0.2, 0.25) is 0 Å². The molecule has 0 aromatic rings. The van der Waals surface area contributed by atoms with Gasteiger partial charge in [0.2, 0.25) is 0 Å². The Morgan fingerprint density at radius 3 is 2.22 bits per heavy atom. The second-order valence-corrected chi connectivity index (χ2v) is 7.56. The summed E-state index contributed by atoms with van der Waals surface area (Å²) < 4.78 is 0. The fourth-order valence-electron chi connectivity index (χ4n) is 3.62. The van der Waals surface area contributed by atoms with Gasteiger partial charge in [-0.3, -0.25) is 4.90 Å². The van der Waals surface area contributed by atoms with E-state index in [1.54, 1.807) is 0 Å². The van der Waals surface area contributed by atoms with E-state index in [0.29, 0.717) is 5.41 Å². The van der Waals surface area contributed by atoms with Crippen LogP contribution in [-0.4, -0.2) is 36.1 Å². The topological polar surface area (TPSA) is 15.3 Å². The van der Waals surface area contributed by atoms with Crippen LogP contribution >= 0.6 is 0 Å². The standard InChI is InChI=1S/C16H32N2/c1-5-9-17-13-11-14-6-7-15(12-13)18(14)10-8-16(2,3)4/h13-15,17H,5-12H2,1-4H3. The Labute approximate surface area is 114 Å². The van der Waals surface area contributed by atoms with Gasteiger partial charge >= 0.3 is 0 Å². The molecular weight excluding hydrogens is 220 g/mol. The van der Waals surface area contributed by atoms with Crippen molar-refractivity contribution in [1.82, 2.24) is 10.2 Å². The number of nitrogens with one attached hydrogen (secondary N) is 1. The van der Waals surface area contributed by atoms with E-state index < -0.39 is 0 Å². The lowest BCUT2D eigenvalue weighted by Crippen LogP contribution is -2.49. The van der Waals surface area contributed by atoms with E-state index in [9.17, 15) is 0 Å². The predicted octanol–water partition coefficient (Wildman–Crippen LogP) is 3.42. The number of fused-ring (bicyclic) bond motifs is 2. The molecule has 2 bridgehead atoms. The second kappa shape index (κ2) is 5.92. The molecule has 2 aliphatic heterocycles. The average molecular weight is 252 g/mol. The second-order valence-electron chi connectivity index (χ2n) is 7.56. The summed E-state index contributed by atoms with van der Waals surface area (Å²) in [6, 6.07) is 2.55. The highest BCUT2D eigenvalue weighted by molar-refractivity contribution is 4.97. The Balaban J connectivity index is 1.82. The third kappa shape index (κ3) is 3.71. The Hall–Kier alpha value is -0.0800. The van der Waals surface area contributed by atoms with Crippen molar-refractivity contribution >= 4 is 0 Å². The molecule has 0 aliphatic carbocycles. The van der Waals surface area contributed by atoms with Crippen LogP contribution in [0.1, 0.15) is 66.2 Å². The monoisotopic (exact) mass is 252 g/mol. The molecule has 0 amide bonds. The number of piperidine rings is 1. The summed E-state index contributed by atoms with van der Waals surface area (Å²) in [7, 11) is 0. The highest BCUT2D eigenvalue weighted by Gasteiger charge is 2.40. The van der Waals surface area contributed by atoms with Gasteiger partial charge in [0.25, 0.3) is 0 Å². The van der Waals surface area contributed by atoms with E-state index >= 15 is 0 Å². The van der Waals surface area contributed by atoms with Gasteiger partial charge in [-0.15, -0.1) is 0 Å². The van der Waals surface area contributed by atoms with Crippen LogP contribution < -0.4 is 5.32 Å². The van der Waals surface area contributed by atoms with Crippen LogP contribution in [-0.2, 0) is 0 Å². The molecular formula is C16H32N2. The van der Waals surface area contributed by atoms with E-state index in [1.807, 2.05) is 0 Å². The zero-order valence-electron chi connectivity index (χ0n) is 12.8. The van der Waals surface area contributed by atoms with Crippen LogP contribution in [0.15, 0.2) is 0 Å². The summed E-state index contributed by atoms with van der Waals surface area (Å²) in [4.78, 5) is 2.83. The van der Waals surface area contributed by atoms with Crippen LogP contribution in [0.4, 0.5) is 0 Å². The van der Waals surface area contributed by atoms with Gasteiger partial charge in [0.1, 0.15) is 0 Å². The third-order valence-electron chi connectivity index (χ3n) is 4.69. The number of hydrogen-bond donors (Lipinski definition) is 1. The largest absolute Gasteiger partial charge is 0.314 e. The van der Waals surface area contributed by atoms with Crippen molar-refractivity contribution in [3.05, 3.63) is 0 Å². The number of nitrogens with zero attached hydrogens (tertiary/aromatic N) is 1. The quantitative estimate of drug-likeness (QED) is 0.806. The molecule has 0 aromatic heterocycles. The Kier molecular flexibility index (Phi) is 4.71. The van der Waals surface area contributed by atoms with E-state index in [4.69, 9.17) is 0 Å². The maximum Gasteiger partial charge on any atom is 0.0114 e. The van der Waals surface area contributed by atoms with Crippen molar-refractivity contribution in [1.29, 1.82) is 0 Å². The zero-order chi connectivity index (χ0) is 13.2. The van der Waals surface area contributed by atoms with Gasteiger partial charge in [-0.1, -0.05) is 27.7 Å². The normalized spacial score (nSPS) is 33.0. The SMILES string of the molecule is CCCNC1CC2CCC(C1)N2CCC(C)(C)C. The van der Waals surface area contributed by atoms with Gasteiger partial charge in [-0.25, -0.2) is 0 Å². The Morgan fingerprint density at radius 1 is 1.11 bits per heavy atom. The molecule has 2 nitrogen and oxygen atoms in total. The van der Waals surface area contributed by atoms with Crippen molar-refractivity contribution in [2.24, 2.45) is 5.41 Å². The first-order valence-electron chi connectivity index (χ1n) is 7.99. The first-order valence-corrected chi connectivity index (χ1v) is 7.99. The molecule has 2 saturated heterocycles. The number of hydrogen-bond acceptors (Lipinski definition) is 2. The maximum absolute atomic E-state index is 3.74. The molecule has 2 atom stereocenters. The van der Waals surface area contributed by atoms with Crippen LogP contribution in [0.3, 0.4) is 0 Å². The minimum absolute atomic E-state index is 0.483. The first-order chi connectivity index (χ1) is 8.49. The van der Waals surface area contributed by atoms with Gasteiger partial charge in [-0.2, -0.15) is 0 Å². The summed E-state index contributed by atoms with van der Waals surface area (Å²) in [6.45, 7) is 11.9. The van der Waals surface area contributed by atoms with Crippen molar-refractivity contribution in [3.8, 4) is 0 Å².